The van der Waals surface area contributed by atoms with Crippen LogP contribution in [-0.4, -0.2) is 63.2 Å². The van der Waals surface area contributed by atoms with Crippen LogP contribution in [0.5, 0.6) is 5.75 Å². The lowest BCUT2D eigenvalue weighted by atomic mass is 9.87. The second-order valence-electron chi connectivity index (χ2n) is 14.5. The predicted molar refractivity (Wildman–Crippen MR) is 200 cm³/mol. The molecule has 4 aromatic rings. The first-order valence-electron chi connectivity index (χ1n) is 17.0. The minimum absolute atomic E-state index is 0.106. The van der Waals surface area contributed by atoms with Crippen molar-refractivity contribution in [1.82, 2.24) is 4.31 Å². The molecule has 7 nitrogen and oxygen atoms in total. The molecule has 1 saturated heterocycles. The molecule has 0 aliphatic carbocycles. The smallest absolute Gasteiger partial charge is 0.325 e. The molecule has 0 radical (unpaired) electrons. The van der Waals surface area contributed by atoms with Crippen molar-refractivity contribution in [1.29, 1.82) is 0 Å². The molecule has 0 atom stereocenters. The van der Waals surface area contributed by atoms with Gasteiger partial charge in [-0.1, -0.05) is 112 Å². The first-order chi connectivity index (χ1) is 23.2. The van der Waals surface area contributed by atoms with Gasteiger partial charge in [0.15, 0.2) is 4.75 Å². The number of hydrogen-bond acceptors (Lipinski definition) is 5. The molecule has 1 aliphatic rings. The summed E-state index contributed by atoms with van der Waals surface area (Å²) in [5.74, 6) is -0.346. The second-order valence-corrected chi connectivity index (χ2v) is 21.2. The number of ether oxygens (including phenoxy) is 1. The molecule has 0 amide bonds. The van der Waals surface area contributed by atoms with Crippen molar-refractivity contribution in [3.05, 3.63) is 114 Å². The van der Waals surface area contributed by atoms with Gasteiger partial charge < -0.3 is 14.3 Å². The Kier molecular flexibility index (Phi) is 10.9. The highest BCUT2D eigenvalue weighted by atomic mass is 32.2. The van der Waals surface area contributed by atoms with E-state index in [4.69, 9.17) is 9.16 Å². The Bertz CT molecular complexity index is 1810. The van der Waals surface area contributed by atoms with E-state index in [9.17, 15) is 18.3 Å². The zero-order chi connectivity index (χ0) is 35.5. The molecular weight excluding hydrogens is 651 g/mol. The number of aryl methyl sites for hydroxylation is 1. The third kappa shape index (κ3) is 7.40. The van der Waals surface area contributed by atoms with Crippen LogP contribution in [0.25, 0.3) is 11.1 Å². The van der Waals surface area contributed by atoms with Crippen LogP contribution in [0.15, 0.2) is 103 Å². The summed E-state index contributed by atoms with van der Waals surface area (Å²) in [5.41, 5.74) is 4.47. The molecule has 4 aromatic carbocycles. The van der Waals surface area contributed by atoms with E-state index in [1.807, 2.05) is 24.3 Å². The minimum Gasteiger partial charge on any atom is -0.491 e. The van der Waals surface area contributed by atoms with Gasteiger partial charge in [-0.3, -0.25) is 4.79 Å². The number of sulfonamides is 1. The molecule has 9 heteroatoms. The summed E-state index contributed by atoms with van der Waals surface area (Å²) in [4.78, 5) is 11.6. The summed E-state index contributed by atoms with van der Waals surface area (Å²) >= 11 is 0. The van der Waals surface area contributed by atoms with Gasteiger partial charge in [0.2, 0.25) is 10.0 Å². The van der Waals surface area contributed by atoms with Crippen LogP contribution in [-0.2, 0) is 19.2 Å². The van der Waals surface area contributed by atoms with Crippen LogP contribution < -0.4 is 15.1 Å². The zero-order valence-electron chi connectivity index (χ0n) is 29.5. The van der Waals surface area contributed by atoms with Crippen molar-refractivity contribution in [2.24, 2.45) is 0 Å². The quantitative estimate of drug-likeness (QED) is 0.127. The predicted octanol–water partition coefficient (Wildman–Crippen LogP) is 6.99. The summed E-state index contributed by atoms with van der Waals surface area (Å²) in [6.45, 7) is 12.9. The number of carboxylic acids is 1. The standard InChI is InChI=1S/C40H49NO6SSi/c1-30-28-32(31-22-24-41(25-23-31)48(44,45)40(5,6)38(42)43)20-21-37(30)33-14-13-15-34(29-33)46-26-27-47-49(39(2,3)4,35-16-9-7-10-17-35)36-18-11-8-12-19-36/h7-21,28-29,31H,22-27H2,1-6H3,(H,42,43). The van der Waals surface area contributed by atoms with Gasteiger partial charge >= 0.3 is 5.97 Å². The minimum atomic E-state index is -3.95. The maximum atomic E-state index is 13.0. The molecule has 1 heterocycles. The third-order valence-corrected chi connectivity index (χ3v) is 17.5. The number of carboxylic acid groups (broad SMARTS) is 1. The zero-order valence-corrected chi connectivity index (χ0v) is 31.3. The van der Waals surface area contributed by atoms with Crippen LogP contribution >= 0.6 is 0 Å². The van der Waals surface area contributed by atoms with Gasteiger partial charge in [0.1, 0.15) is 12.4 Å². The monoisotopic (exact) mass is 699 g/mol. The average molecular weight is 700 g/mol. The van der Waals surface area contributed by atoms with E-state index in [1.165, 1.54) is 34.1 Å². The van der Waals surface area contributed by atoms with Crippen LogP contribution in [0.4, 0.5) is 0 Å². The molecule has 260 valence electrons. The fraction of sp³-hybridized carbons (Fsp3) is 0.375. The van der Waals surface area contributed by atoms with E-state index in [1.54, 1.807) is 0 Å². The number of piperidine rings is 1. The molecule has 5 rings (SSSR count). The van der Waals surface area contributed by atoms with E-state index in [2.05, 4.69) is 107 Å². The lowest BCUT2D eigenvalue weighted by Gasteiger charge is -2.43. The summed E-state index contributed by atoms with van der Waals surface area (Å²) < 4.78 is 38.7. The summed E-state index contributed by atoms with van der Waals surface area (Å²) in [7, 11) is -6.59. The molecule has 0 bridgehead atoms. The maximum Gasteiger partial charge on any atom is 0.325 e. The van der Waals surface area contributed by atoms with Gasteiger partial charge in [-0.05, 0) is 89.3 Å². The number of aliphatic carboxylic acids is 1. The van der Waals surface area contributed by atoms with Gasteiger partial charge in [0.25, 0.3) is 8.32 Å². The number of hydrogen-bond donors (Lipinski definition) is 1. The molecular formula is C40H49NO6SSi. The van der Waals surface area contributed by atoms with Crippen molar-refractivity contribution in [2.45, 2.75) is 70.1 Å². The van der Waals surface area contributed by atoms with Gasteiger partial charge in [-0.25, -0.2) is 12.7 Å². The highest BCUT2D eigenvalue weighted by molar-refractivity contribution is 7.91. The van der Waals surface area contributed by atoms with Crippen molar-refractivity contribution in [3.8, 4) is 16.9 Å². The highest BCUT2D eigenvalue weighted by Crippen LogP contribution is 2.37. The van der Waals surface area contributed by atoms with Crippen molar-refractivity contribution in [2.75, 3.05) is 26.3 Å². The van der Waals surface area contributed by atoms with E-state index in [0.29, 0.717) is 39.1 Å². The SMILES string of the molecule is Cc1cc(C2CCN(S(=O)(=O)C(C)(C)C(=O)O)CC2)ccc1-c1cccc(OCCO[Si](c2ccccc2)(c2ccccc2)C(C)(C)C)c1. The first-order valence-corrected chi connectivity index (χ1v) is 20.4. The van der Waals surface area contributed by atoms with Crippen LogP contribution in [0.2, 0.25) is 5.04 Å². The summed E-state index contributed by atoms with van der Waals surface area (Å²) in [5, 5.41) is 11.9. The van der Waals surface area contributed by atoms with Gasteiger partial charge in [-0.2, -0.15) is 0 Å². The lowest BCUT2D eigenvalue weighted by Crippen LogP contribution is -2.66. The van der Waals surface area contributed by atoms with E-state index < -0.39 is 29.1 Å². The maximum absolute atomic E-state index is 13.0. The Hall–Kier alpha value is -3.76. The second kappa shape index (κ2) is 14.6. The van der Waals surface area contributed by atoms with Crippen LogP contribution in [0, 0.1) is 6.92 Å². The van der Waals surface area contributed by atoms with Crippen LogP contribution in [0.3, 0.4) is 0 Å². The van der Waals surface area contributed by atoms with Gasteiger partial charge in [0.05, 0.1) is 6.61 Å². The Labute approximate surface area is 293 Å². The average Bonchev–Trinajstić information content (AvgIpc) is 3.08. The molecule has 1 N–H and O–H groups in total. The fourth-order valence-corrected chi connectivity index (χ4v) is 13.1. The first kappa shape index (κ1) is 36.5. The lowest BCUT2D eigenvalue weighted by molar-refractivity contribution is -0.139. The van der Waals surface area contributed by atoms with Gasteiger partial charge in [-0.15, -0.1) is 0 Å². The van der Waals surface area contributed by atoms with E-state index in [-0.39, 0.29) is 11.0 Å². The summed E-state index contributed by atoms with van der Waals surface area (Å²) in [6.07, 6.45) is 1.29. The van der Waals surface area contributed by atoms with Crippen molar-refractivity contribution in [3.63, 3.8) is 0 Å². The van der Waals surface area contributed by atoms with E-state index in [0.717, 1.165) is 22.4 Å². The Morgan fingerprint density at radius 2 is 1.41 bits per heavy atom. The van der Waals surface area contributed by atoms with Crippen LogP contribution in [0.1, 0.15) is 64.5 Å². The fourth-order valence-electron chi connectivity index (χ4n) is 7.00. The largest absolute Gasteiger partial charge is 0.491 e. The molecule has 0 aromatic heterocycles. The molecule has 0 unspecified atom stereocenters. The molecule has 0 spiro atoms. The number of rotatable bonds is 12. The Balaban J connectivity index is 1.25. The van der Waals surface area contributed by atoms with Crippen molar-refractivity contribution >= 4 is 34.7 Å². The molecule has 1 fully saturated rings. The molecule has 1 aliphatic heterocycles. The highest BCUT2D eigenvalue weighted by Gasteiger charge is 2.50. The number of carbonyl (C=O) groups is 1. The van der Waals surface area contributed by atoms with Crippen molar-refractivity contribution < 1.29 is 27.5 Å². The third-order valence-electron chi connectivity index (χ3n) is 9.91. The summed E-state index contributed by atoms with van der Waals surface area (Å²) in [6, 6.07) is 35.8. The molecule has 0 saturated carbocycles. The topological polar surface area (TPSA) is 93.1 Å². The molecule has 49 heavy (non-hydrogen) atoms. The van der Waals surface area contributed by atoms with E-state index >= 15 is 0 Å². The normalized spacial score (nSPS) is 15.2. The van der Waals surface area contributed by atoms with Gasteiger partial charge in [0, 0.05) is 13.1 Å². The Morgan fingerprint density at radius 1 is 0.816 bits per heavy atom. The number of nitrogens with zero attached hydrogens (tertiary/aromatic N) is 1. The Morgan fingerprint density at radius 3 is 1.94 bits per heavy atom. The number of benzene rings is 4.